The minimum atomic E-state index is 0. The van der Waals surface area contributed by atoms with Crippen molar-refractivity contribution < 1.29 is 0 Å². The molecule has 0 heterocycles. The molecule has 0 N–H and O–H groups in total. The molecule has 2 rings (SSSR count). The zero-order chi connectivity index (χ0) is 9.80. The van der Waals surface area contributed by atoms with Crippen molar-refractivity contribution in [2.75, 3.05) is 0 Å². The Bertz CT molecular complexity index is 395. The molecule has 0 aliphatic rings. The average molecular weight is 240 g/mol. The van der Waals surface area contributed by atoms with E-state index in [1.54, 1.807) is 0 Å². The van der Waals surface area contributed by atoms with Crippen LogP contribution in [0.2, 0.25) is 0 Å². The first-order valence-electron chi connectivity index (χ1n) is 4.66. The molecule has 2 aromatic carbocycles. The van der Waals surface area contributed by atoms with Crippen molar-refractivity contribution in [2.45, 2.75) is 11.3 Å². The monoisotopic (exact) mass is 240 g/mol. The van der Waals surface area contributed by atoms with E-state index >= 15 is 0 Å². The molecule has 2 heteroatoms. The standard InChI is InChI=1S/C13H12S.K.H/c14-13-8-6-12(7-9-13)10-11-4-2-1-3-5-11;;/h1-9,14H,10H2;;. The molecule has 0 aliphatic carbocycles. The van der Waals surface area contributed by atoms with Crippen LogP contribution in [-0.4, -0.2) is 51.4 Å². The predicted octanol–water partition coefficient (Wildman–Crippen LogP) is 2.92. The zero-order valence-electron chi connectivity index (χ0n) is 7.85. The van der Waals surface area contributed by atoms with Gasteiger partial charge in [-0.1, -0.05) is 42.5 Å². The summed E-state index contributed by atoms with van der Waals surface area (Å²) in [6.07, 6.45) is 0.995. The van der Waals surface area contributed by atoms with Crippen LogP contribution >= 0.6 is 12.6 Å². The second-order valence-corrected chi connectivity index (χ2v) is 3.85. The Balaban J connectivity index is 0.00000112. The van der Waals surface area contributed by atoms with Gasteiger partial charge in [-0.2, -0.15) is 0 Å². The van der Waals surface area contributed by atoms with Crippen molar-refractivity contribution >= 4 is 64.0 Å². The van der Waals surface area contributed by atoms with Crippen molar-refractivity contribution in [2.24, 2.45) is 0 Å². The Hall–Kier alpha value is 0.426. The van der Waals surface area contributed by atoms with Gasteiger partial charge < -0.3 is 0 Å². The normalized spacial score (nSPS) is 9.40. The van der Waals surface area contributed by atoms with Crippen LogP contribution in [0.1, 0.15) is 11.1 Å². The Kier molecular flexibility index (Phi) is 6.20. The summed E-state index contributed by atoms with van der Waals surface area (Å²) in [6, 6.07) is 18.8. The third-order valence-electron chi connectivity index (χ3n) is 2.19. The number of thiol groups is 1. The van der Waals surface area contributed by atoms with E-state index in [0.29, 0.717) is 0 Å². The fraction of sp³-hybridized carbons (Fsp3) is 0.0769. The molecule has 0 atom stereocenters. The van der Waals surface area contributed by atoms with Gasteiger partial charge in [-0.25, -0.2) is 0 Å². The van der Waals surface area contributed by atoms with Gasteiger partial charge in [0.05, 0.1) is 0 Å². The third-order valence-corrected chi connectivity index (χ3v) is 2.49. The van der Waals surface area contributed by atoms with Gasteiger partial charge in [-0.05, 0) is 29.7 Å². The molecular formula is C13H13KS. The van der Waals surface area contributed by atoms with Crippen molar-refractivity contribution in [1.29, 1.82) is 0 Å². The van der Waals surface area contributed by atoms with Crippen LogP contribution in [0.25, 0.3) is 0 Å². The molecule has 0 aromatic heterocycles. The van der Waals surface area contributed by atoms with Gasteiger partial charge >= 0.3 is 51.4 Å². The second-order valence-electron chi connectivity index (χ2n) is 3.33. The van der Waals surface area contributed by atoms with Crippen molar-refractivity contribution in [3.63, 3.8) is 0 Å². The molecule has 0 spiro atoms. The predicted molar refractivity (Wildman–Crippen MR) is 70.1 cm³/mol. The van der Waals surface area contributed by atoms with Crippen LogP contribution in [0, 0.1) is 0 Å². The van der Waals surface area contributed by atoms with Gasteiger partial charge in [0, 0.05) is 4.90 Å². The Morgan fingerprint density at radius 1 is 0.733 bits per heavy atom. The summed E-state index contributed by atoms with van der Waals surface area (Å²) in [7, 11) is 0. The van der Waals surface area contributed by atoms with Crippen LogP contribution in [0.4, 0.5) is 0 Å². The number of hydrogen-bond donors (Lipinski definition) is 1. The third kappa shape index (κ3) is 4.43. The van der Waals surface area contributed by atoms with E-state index in [2.05, 4.69) is 49.0 Å². The fourth-order valence-corrected chi connectivity index (χ4v) is 1.59. The van der Waals surface area contributed by atoms with Crippen LogP contribution < -0.4 is 0 Å². The summed E-state index contributed by atoms with van der Waals surface area (Å²) in [5, 5.41) is 0. The summed E-state index contributed by atoms with van der Waals surface area (Å²) in [5.41, 5.74) is 2.67. The van der Waals surface area contributed by atoms with E-state index in [-0.39, 0.29) is 51.4 Å². The maximum atomic E-state index is 4.26. The van der Waals surface area contributed by atoms with E-state index in [1.165, 1.54) is 11.1 Å². The van der Waals surface area contributed by atoms with Crippen LogP contribution in [0.3, 0.4) is 0 Å². The van der Waals surface area contributed by atoms with E-state index in [4.69, 9.17) is 0 Å². The molecular weight excluding hydrogens is 227 g/mol. The summed E-state index contributed by atoms with van der Waals surface area (Å²) < 4.78 is 0. The average Bonchev–Trinajstić information content (AvgIpc) is 2.23. The SMILES string of the molecule is Sc1ccc(Cc2ccccc2)cc1.[KH]. The molecule has 0 saturated carbocycles. The fourth-order valence-electron chi connectivity index (χ4n) is 1.45. The first-order chi connectivity index (χ1) is 6.84. The van der Waals surface area contributed by atoms with Crippen molar-refractivity contribution in [3.8, 4) is 0 Å². The molecule has 0 aliphatic heterocycles. The van der Waals surface area contributed by atoms with Gasteiger partial charge in [0.1, 0.15) is 0 Å². The summed E-state index contributed by atoms with van der Waals surface area (Å²) in [4.78, 5) is 1.02. The molecule has 2 aromatic rings. The van der Waals surface area contributed by atoms with Gasteiger partial charge in [0.15, 0.2) is 0 Å². The summed E-state index contributed by atoms with van der Waals surface area (Å²) in [5.74, 6) is 0. The first kappa shape index (κ1) is 13.5. The zero-order valence-corrected chi connectivity index (χ0v) is 8.74. The van der Waals surface area contributed by atoms with Crippen LogP contribution in [-0.2, 0) is 6.42 Å². The molecule has 0 radical (unpaired) electrons. The van der Waals surface area contributed by atoms with Gasteiger partial charge in [-0.3, -0.25) is 0 Å². The minimum absolute atomic E-state index is 0. The van der Waals surface area contributed by atoms with Gasteiger partial charge in [0.25, 0.3) is 0 Å². The summed E-state index contributed by atoms with van der Waals surface area (Å²) >= 11 is 4.26. The van der Waals surface area contributed by atoms with E-state index in [9.17, 15) is 0 Å². The summed E-state index contributed by atoms with van der Waals surface area (Å²) in [6.45, 7) is 0. The number of rotatable bonds is 2. The van der Waals surface area contributed by atoms with Crippen LogP contribution in [0.5, 0.6) is 0 Å². The molecule has 0 fully saturated rings. The van der Waals surface area contributed by atoms with E-state index < -0.39 is 0 Å². The van der Waals surface area contributed by atoms with Gasteiger partial charge in [-0.15, -0.1) is 12.6 Å². The topological polar surface area (TPSA) is 0 Å². The Morgan fingerprint density at radius 3 is 1.87 bits per heavy atom. The van der Waals surface area contributed by atoms with E-state index in [1.807, 2.05) is 18.2 Å². The van der Waals surface area contributed by atoms with Crippen LogP contribution in [0.15, 0.2) is 59.5 Å². The molecule has 0 amide bonds. The number of benzene rings is 2. The number of hydrogen-bond acceptors (Lipinski definition) is 1. The Morgan fingerprint density at radius 2 is 1.27 bits per heavy atom. The molecule has 15 heavy (non-hydrogen) atoms. The molecule has 0 nitrogen and oxygen atoms in total. The van der Waals surface area contributed by atoms with Gasteiger partial charge in [0.2, 0.25) is 0 Å². The quantitative estimate of drug-likeness (QED) is 0.605. The second kappa shape index (κ2) is 6.89. The Labute approximate surface area is 139 Å². The molecule has 0 saturated heterocycles. The van der Waals surface area contributed by atoms with Crippen molar-refractivity contribution in [1.82, 2.24) is 0 Å². The molecule has 0 unspecified atom stereocenters. The molecule has 72 valence electrons. The van der Waals surface area contributed by atoms with Crippen molar-refractivity contribution in [3.05, 3.63) is 65.7 Å². The van der Waals surface area contributed by atoms with E-state index in [0.717, 1.165) is 11.3 Å². The molecule has 0 bridgehead atoms. The maximum absolute atomic E-state index is 4.26. The first-order valence-corrected chi connectivity index (χ1v) is 5.11.